The predicted octanol–water partition coefficient (Wildman–Crippen LogP) is 2.04. The average Bonchev–Trinajstić information content (AvgIpc) is 2.34. The van der Waals surface area contributed by atoms with E-state index in [9.17, 15) is 19.7 Å². The molecular weight excluding hydrogens is 238 g/mol. The summed E-state index contributed by atoms with van der Waals surface area (Å²) in [6.07, 6.45) is 2.35. The number of hydrogen-bond acceptors (Lipinski definition) is 4. The highest BCUT2D eigenvalue weighted by molar-refractivity contribution is 5.95. The zero-order valence-corrected chi connectivity index (χ0v) is 9.41. The standard InChI is InChI=1S/C12H11NO5/c14-11(6-7-12(15)16)5-4-9-2-1-3-10(8-9)13(17)18/h1-5,8H,6-7H2,(H,15,16)/b5-4+. The van der Waals surface area contributed by atoms with Gasteiger partial charge in [0.05, 0.1) is 11.3 Å². The van der Waals surface area contributed by atoms with Gasteiger partial charge >= 0.3 is 5.97 Å². The summed E-state index contributed by atoms with van der Waals surface area (Å²) in [5, 5.41) is 18.9. The first-order valence-corrected chi connectivity index (χ1v) is 5.16. The smallest absolute Gasteiger partial charge is 0.303 e. The molecule has 6 heteroatoms. The number of carbonyl (C=O) groups is 2. The fourth-order valence-electron chi connectivity index (χ4n) is 1.24. The van der Waals surface area contributed by atoms with Gasteiger partial charge in [-0.1, -0.05) is 18.2 Å². The number of nitro groups is 1. The molecule has 6 nitrogen and oxygen atoms in total. The van der Waals surface area contributed by atoms with Crippen molar-refractivity contribution in [3.8, 4) is 0 Å². The molecule has 0 aliphatic heterocycles. The van der Waals surface area contributed by atoms with Gasteiger partial charge < -0.3 is 5.11 Å². The minimum absolute atomic E-state index is 0.0601. The molecule has 1 rings (SSSR count). The van der Waals surface area contributed by atoms with Crippen molar-refractivity contribution in [1.82, 2.24) is 0 Å². The predicted molar refractivity (Wildman–Crippen MR) is 64.0 cm³/mol. The van der Waals surface area contributed by atoms with Crippen molar-refractivity contribution in [1.29, 1.82) is 0 Å². The second-order valence-corrected chi connectivity index (χ2v) is 3.55. The molecule has 0 unspecified atom stereocenters. The third-order valence-corrected chi connectivity index (χ3v) is 2.13. The molecule has 0 heterocycles. The molecule has 0 aliphatic rings. The van der Waals surface area contributed by atoms with Crippen molar-refractivity contribution in [3.05, 3.63) is 46.0 Å². The Morgan fingerprint density at radius 1 is 1.33 bits per heavy atom. The Labute approximate surface area is 103 Å². The van der Waals surface area contributed by atoms with Gasteiger partial charge in [0, 0.05) is 18.6 Å². The maximum atomic E-state index is 11.3. The third kappa shape index (κ3) is 4.56. The Kier molecular flexibility index (Phi) is 4.74. The van der Waals surface area contributed by atoms with Gasteiger partial charge in [-0.3, -0.25) is 19.7 Å². The number of nitro benzene ring substituents is 1. The van der Waals surface area contributed by atoms with Crippen LogP contribution in [0.25, 0.3) is 6.08 Å². The normalized spacial score (nSPS) is 10.4. The van der Waals surface area contributed by atoms with Crippen LogP contribution in [0, 0.1) is 10.1 Å². The monoisotopic (exact) mass is 249 g/mol. The Bertz CT molecular complexity index is 507. The first kappa shape index (κ1) is 13.6. The van der Waals surface area contributed by atoms with Gasteiger partial charge in [0.25, 0.3) is 5.69 Å². The lowest BCUT2D eigenvalue weighted by atomic mass is 10.1. The highest BCUT2D eigenvalue weighted by Crippen LogP contribution is 2.14. The summed E-state index contributed by atoms with van der Waals surface area (Å²) in [5.74, 6) is -1.36. The summed E-state index contributed by atoms with van der Waals surface area (Å²) in [5.41, 5.74) is 0.461. The first-order valence-electron chi connectivity index (χ1n) is 5.16. The van der Waals surface area contributed by atoms with Crippen LogP contribution in [0.1, 0.15) is 18.4 Å². The lowest BCUT2D eigenvalue weighted by Crippen LogP contribution is -2.00. The van der Waals surface area contributed by atoms with Crippen LogP contribution in [0.3, 0.4) is 0 Å². The Hall–Kier alpha value is -2.50. The summed E-state index contributed by atoms with van der Waals surface area (Å²) in [6, 6.07) is 5.82. The molecule has 0 fully saturated rings. The maximum absolute atomic E-state index is 11.3. The van der Waals surface area contributed by atoms with Crippen LogP contribution in [0.4, 0.5) is 5.69 Å². The van der Waals surface area contributed by atoms with E-state index < -0.39 is 10.9 Å². The lowest BCUT2D eigenvalue weighted by molar-refractivity contribution is -0.384. The van der Waals surface area contributed by atoms with Gasteiger partial charge in [-0.25, -0.2) is 0 Å². The summed E-state index contributed by atoms with van der Waals surface area (Å²) >= 11 is 0. The number of rotatable bonds is 6. The van der Waals surface area contributed by atoms with Crippen molar-refractivity contribution < 1.29 is 19.6 Å². The zero-order chi connectivity index (χ0) is 13.5. The largest absolute Gasteiger partial charge is 0.481 e. The number of allylic oxidation sites excluding steroid dienone is 1. The number of benzene rings is 1. The number of carboxylic acid groups (broad SMARTS) is 1. The van der Waals surface area contributed by atoms with Crippen LogP contribution in [-0.4, -0.2) is 21.8 Å². The number of carbonyl (C=O) groups excluding carboxylic acids is 1. The topological polar surface area (TPSA) is 97.5 Å². The number of hydrogen-bond donors (Lipinski definition) is 1. The van der Waals surface area contributed by atoms with Crippen LogP contribution >= 0.6 is 0 Å². The van der Waals surface area contributed by atoms with Crippen molar-refractivity contribution in [2.45, 2.75) is 12.8 Å². The van der Waals surface area contributed by atoms with Gasteiger partial charge in [-0.05, 0) is 11.6 Å². The van der Waals surface area contributed by atoms with Crippen molar-refractivity contribution >= 4 is 23.5 Å². The number of aliphatic carboxylic acids is 1. The number of nitrogens with zero attached hydrogens (tertiary/aromatic N) is 1. The Morgan fingerprint density at radius 2 is 2.06 bits per heavy atom. The fraction of sp³-hybridized carbons (Fsp3) is 0.167. The van der Waals surface area contributed by atoms with Crippen LogP contribution < -0.4 is 0 Å². The quantitative estimate of drug-likeness (QED) is 0.472. The van der Waals surface area contributed by atoms with E-state index in [2.05, 4.69) is 0 Å². The van der Waals surface area contributed by atoms with E-state index >= 15 is 0 Å². The van der Waals surface area contributed by atoms with E-state index in [1.807, 2.05) is 0 Å². The summed E-state index contributed by atoms with van der Waals surface area (Å²) in [7, 11) is 0. The van der Waals surface area contributed by atoms with E-state index in [0.717, 1.165) is 0 Å². The van der Waals surface area contributed by atoms with Gasteiger partial charge in [0.15, 0.2) is 5.78 Å². The number of ketones is 1. The SMILES string of the molecule is O=C(O)CCC(=O)/C=C/c1cccc([N+](=O)[O-])c1. The van der Waals surface area contributed by atoms with E-state index in [1.54, 1.807) is 6.07 Å². The fourth-order valence-corrected chi connectivity index (χ4v) is 1.24. The van der Waals surface area contributed by atoms with Gasteiger partial charge in [-0.15, -0.1) is 0 Å². The minimum Gasteiger partial charge on any atom is -0.481 e. The lowest BCUT2D eigenvalue weighted by Gasteiger charge is -1.94. The Morgan fingerprint density at radius 3 is 2.67 bits per heavy atom. The molecular formula is C12H11NO5. The van der Waals surface area contributed by atoms with Crippen LogP contribution in [0.2, 0.25) is 0 Å². The van der Waals surface area contributed by atoms with E-state index in [1.165, 1.54) is 30.4 Å². The highest BCUT2D eigenvalue weighted by atomic mass is 16.6. The molecule has 0 atom stereocenters. The van der Waals surface area contributed by atoms with Crippen LogP contribution in [0.5, 0.6) is 0 Å². The molecule has 0 radical (unpaired) electrons. The second-order valence-electron chi connectivity index (χ2n) is 3.55. The average molecular weight is 249 g/mol. The van der Waals surface area contributed by atoms with Crippen molar-refractivity contribution in [2.24, 2.45) is 0 Å². The van der Waals surface area contributed by atoms with Crippen LogP contribution in [0.15, 0.2) is 30.3 Å². The molecule has 1 N–H and O–H groups in total. The maximum Gasteiger partial charge on any atom is 0.303 e. The molecule has 94 valence electrons. The zero-order valence-electron chi connectivity index (χ0n) is 9.41. The number of non-ortho nitro benzene ring substituents is 1. The molecule has 0 amide bonds. The van der Waals surface area contributed by atoms with Gasteiger partial charge in [-0.2, -0.15) is 0 Å². The molecule has 0 saturated heterocycles. The summed E-state index contributed by atoms with van der Waals surface area (Å²) in [6.45, 7) is 0. The molecule has 0 bridgehead atoms. The molecule has 18 heavy (non-hydrogen) atoms. The Balaban J connectivity index is 2.66. The molecule has 0 saturated carbocycles. The molecule has 1 aromatic rings. The number of carboxylic acids is 1. The minimum atomic E-state index is -1.04. The summed E-state index contributed by atoms with van der Waals surface area (Å²) in [4.78, 5) is 31.5. The van der Waals surface area contributed by atoms with E-state index in [-0.39, 0.29) is 24.3 Å². The third-order valence-electron chi connectivity index (χ3n) is 2.13. The van der Waals surface area contributed by atoms with Crippen LogP contribution in [-0.2, 0) is 9.59 Å². The van der Waals surface area contributed by atoms with Crippen molar-refractivity contribution in [2.75, 3.05) is 0 Å². The second kappa shape index (κ2) is 6.29. The molecule has 0 spiro atoms. The van der Waals surface area contributed by atoms with Crippen molar-refractivity contribution in [3.63, 3.8) is 0 Å². The van der Waals surface area contributed by atoms with Gasteiger partial charge in [0.1, 0.15) is 0 Å². The van der Waals surface area contributed by atoms with Gasteiger partial charge in [0.2, 0.25) is 0 Å². The summed E-state index contributed by atoms with van der Waals surface area (Å²) < 4.78 is 0. The molecule has 1 aromatic carbocycles. The first-order chi connectivity index (χ1) is 8.49. The molecule has 0 aliphatic carbocycles. The molecule has 0 aromatic heterocycles. The van der Waals surface area contributed by atoms with E-state index in [0.29, 0.717) is 5.56 Å². The van der Waals surface area contributed by atoms with E-state index in [4.69, 9.17) is 5.11 Å². The highest BCUT2D eigenvalue weighted by Gasteiger charge is 2.05.